The summed E-state index contributed by atoms with van der Waals surface area (Å²) in [6, 6.07) is 16.0. The highest BCUT2D eigenvalue weighted by Gasteiger charge is 2.43. The lowest BCUT2D eigenvalue weighted by molar-refractivity contribution is -0.121. The topological polar surface area (TPSA) is 84.4 Å². The molecule has 1 saturated heterocycles. The van der Waals surface area contributed by atoms with Crippen molar-refractivity contribution in [1.29, 1.82) is 0 Å². The normalized spacial score (nSPS) is 16.3. The molecule has 0 saturated carbocycles. The average molecular weight is 405 g/mol. The van der Waals surface area contributed by atoms with Crippen LogP contribution >= 0.6 is 0 Å². The van der Waals surface area contributed by atoms with Crippen molar-refractivity contribution in [1.82, 2.24) is 9.78 Å². The molecular formula is C23H23N3O4. The molecule has 1 N–H and O–H groups in total. The van der Waals surface area contributed by atoms with E-state index in [1.807, 2.05) is 25.1 Å². The van der Waals surface area contributed by atoms with Crippen molar-refractivity contribution in [3.05, 3.63) is 76.2 Å². The van der Waals surface area contributed by atoms with Crippen LogP contribution in [0.3, 0.4) is 0 Å². The van der Waals surface area contributed by atoms with Crippen LogP contribution < -0.4 is 15.2 Å². The number of hydrogen-bond donors (Lipinski definition) is 1. The van der Waals surface area contributed by atoms with E-state index in [-0.39, 0.29) is 23.8 Å². The highest BCUT2D eigenvalue weighted by molar-refractivity contribution is 6.22. The molecule has 2 heterocycles. The number of anilines is 1. The predicted molar refractivity (Wildman–Crippen MR) is 113 cm³/mol. The number of aromatic amines is 1. The maximum absolute atomic E-state index is 13.1. The van der Waals surface area contributed by atoms with E-state index in [9.17, 15) is 14.4 Å². The van der Waals surface area contributed by atoms with Crippen molar-refractivity contribution in [3.8, 4) is 11.4 Å². The first kappa shape index (κ1) is 19.7. The summed E-state index contributed by atoms with van der Waals surface area (Å²) in [5.41, 5.74) is 1.76. The Labute approximate surface area is 173 Å². The van der Waals surface area contributed by atoms with E-state index in [4.69, 9.17) is 4.74 Å². The lowest BCUT2D eigenvalue weighted by atomic mass is 9.98. The highest BCUT2D eigenvalue weighted by Crippen LogP contribution is 2.33. The van der Waals surface area contributed by atoms with Crippen LogP contribution in [0.2, 0.25) is 0 Å². The van der Waals surface area contributed by atoms with Crippen LogP contribution in [0.5, 0.6) is 5.75 Å². The molecule has 1 atom stereocenters. The number of nitrogens with one attached hydrogen (secondary N) is 1. The Morgan fingerprint density at radius 3 is 2.37 bits per heavy atom. The molecule has 1 fully saturated rings. The zero-order valence-corrected chi connectivity index (χ0v) is 16.9. The minimum absolute atomic E-state index is 0.0321. The summed E-state index contributed by atoms with van der Waals surface area (Å²) in [4.78, 5) is 40.0. The van der Waals surface area contributed by atoms with Crippen molar-refractivity contribution in [2.45, 2.75) is 32.6 Å². The zero-order chi connectivity index (χ0) is 21.3. The zero-order valence-electron chi connectivity index (χ0n) is 16.9. The summed E-state index contributed by atoms with van der Waals surface area (Å²) in [6.07, 6.45) is 0.860. The second-order valence-electron chi connectivity index (χ2n) is 7.29. The number of aromatic nitrogens is 2. The minimum Gasteiger partial charge on any atom is -0.494 e. The number of benzene rings is 2. The number of para-hydroxylation sites is 1. The first-order chi connectivity index (χ1) is 14.5. The molecule has 154 valence electrons. The molecule has 4 rings (SSSR count). The number of nitrogens with zero attached hydrogens (tertiary/aromatic N) is 2. The van der Waals surface area contributed by atoms with Crippen molar-refractivity contribution in [2.75, 3.05) is 11.5 Å². The molecule has 0 spiro atoms. The first-order valence-corrected chi connectivity index (χ1v) is 9.98. The molecule has 0 radical (unpaired) electrons. The number of carbonyl (C=O) groups excluding carboxylic acids is 2. The number of hydrogen-bond acceptors (Lipinski definition) is 4. The van der Waals surface area contributed by atoms with E-state index in [1.165, 1.54) is 4.68 Å². The van der Waals surface area contributed by atoms with Gasteiger partial charge in [0.1, 0.15) is 5.75 Å². The smallest absolute Gasteiger partial charge is 0.275 e. The number of aryl methyl sites for hydroxylation is 1. The summed E-state index contributed by atoms with van der Waals surface area (Å²) < 4.78 is 6.96. The van der Waals surface area contributed by atoms with Gasteiger partial charge in [-0.05, 0) is 49.7 Å². The fourth-order valence-corrected chi connectivity index (χ4v) is 3.77. The van der Waals surface area contributed by atoms with Gasteiger partial charge in [-0.1, -0.05) is 25.1 Å². The molecule has 0 aliphatic carbocycles. The van der Waals surface area contributed by atoms with Crippen LogP contribution in [-0.4, -0.2) is 28.2 Å². The van der Waals surface area contributed by atoms with Crippen molar-refractivity contribution in [2.24, 2.45) is 0 Å². The van der Waals surface area contributed by atoms with Gasteiger partial charge in [0.2, 0.25) is 11.8 Å². The molecule has 1 aliphatic rings. The van der Waals surface area contributed by atoms with E-state index in [0.29, 0.717) is 35.0 Å². The Hall–Kier alpha value is -3.61. The Kier molecular flexibility index (Phi) is 5.27. The van der Waals surface area contributed by atoms with Gasteiger partial charge < -0.3 is 4.74 Å². The molecule has 0 bridgehead atoms. The monoisotopic (exact) mass is 405 g/mol. The Bertz CT molecular complexity index is 1130. The largest absolute Gasteiger partial charge is 0.494 e. The van der Waals surface area contributed by atoms with Gasteiger partial charge in [-0.2, -0.15) is 0 Å². The molecule has 1 aliphatic heterocycles. The predicted octanol–water partition coefficient (Wildman–Crippen LogP) is 3.31. The fraction of sp³-hybridized carbons (Fsp3) is 0.261. The molecule has 7 heteroatoms. The summed E-state index contributed by atoms with van der Waals surface area (Å²) in [5.74, 6) is -0.828. The second kappa shape index (κ2) is 8.02. The number of ether oxygens (including phenoxy) is 1. The van der Waals surface area contributed by atoms with Gasteiger partial charge in [0.25, 0.3) is 5.56 Å². The minimum atomic E-state index is -0.803. The van der Waals surface area contributed by atoms with E-state index in [0.717, 1.165) is 11.3 Å². The molecule has 2 amide bonds. The van der Waals surface area contributed by atoms with Crippen LogP contribution in [0.15, 0.2) is 59.4 Å². The molecule has 1 aromatic heterocycles. The first-order valence-electron chi connectivity index (χ1n) is 9.98. The van der Waals surface area contributed by atoms with Gasteiger partial charge in [0.15, 0.2) is 0 Å². The van der Waals surface area contributed by atoms with Crippen LogP contribution in [0.1, 0.15) is 36.9 Å². The van der Waals surface area contributed by atoms with Crippen LogP contribution in [0.4, 0.5) is 5.69 Å². The number of imide groups is 1. The number of H-pyrrole nitrogens is 1. The second-order valence-corrected chi connectivity index (χ2v) is 7.29. The lowest BCUT2D eigenvalue weighted by Crippen LogP contribution is -2.31. The van der Waals surface area contributed by atoms with Crippen molar-refractivity contribution >= 4 is 17.5 Å². The fourth-order valence-electron chi connectivity index (χ4n) is 3.77. The van der Waals surface area contributed by atoms with Crippen LogP contribution in [0.25, 0.3) is 5.69 Å². The maximum atomic E-state index is 13.1. The van der Waals surface area contributed by atoms with Gasteiger partial charge in [0, 0.05) is 12.1 Å². The molecule has 30 heavy (non-hydrogen) atoms. The summed E-state index contributed by atoms with van der Waals surface area (Å²) in [7, 11) is 0. The summed E-state index contributed by atoms with van der Waals surface area (Å²) in [5, 5.41) is 3.03. The number of amides is 2. The van der Waals surface area contributed by atoms with Crippen molar-refractivity contribution < 1.29 is 14.3 Å². The van der Waals surface area contributed by atoms with E-state index in [1.54, 1.807) is 43.3 Å². The van der Waals surface area contributed by atoms with E-state index >= 15 is 0 Å². The van der Waals surface area contributed by atoms with Gasteiger partial charge in [0.05, 0.1) is 29.5 Å². The van der Waals surface area contributed by atoms with Crippen molar-refractivity contribution in [3.63, 3.8) is 0 Å². The van der Waals surface area contributed by atoms with E-state index < -0.39 is 5.92 Å². The highest BCUT2D eigenvalue weighted by atomic mass is 16.5. The quantitative estimate of drug-likeness (QED) is 0.638. The Morgan fingerprint density at radius 2 is 1.70 bits per heavy atom. The third-order valence-electron chi connectivity index (χ3n) is 5.19. The number of rotatable bonds is 6. The summed E-state index contributed by atoms with van der Waals surface area (Å²) in [6.45, 7) is 4.37. The van der Waals surface area contributed by atoms with Gasteiger partial charge in [-0.25, -0.2) is 9.58 Å². The summed E-state index contributed by atoms with van der Waals surface area (Å²) >= 11 is 0. The molecule has 1 unspecified atom stereocenters. The SMILES string of the molecule is CCCOc1ccc(N2C(=O)CC(c3c(C)[nH]n(-c4ccccc4)c3=O)C2=O)cc1. The molecule has 7 nitrogen and oxygen atoms in total. The number of carbonyl (C=O) groups is 2. The molecule has 2 aromatic carbocycles. The van der Waals surface area contributed by atoms with E-state index in [2.05, 4.69) is 5.10 Å². The van der Waals surface area contributed by atoms with Gasteiger partial charge in [-0.15, -0.1) is 0 Å². The molecule has 3 aromatic rings. The standard InChI is InChI=1S/C23H23N3O4/c1-3-13-30-18-11-9-16(10-12-18)25-20(27)14-19(22(25)28)21-15(2)24-26(23(21)29)17-7-5-4-6-8-17/h4-12,19,24H,3,13-14H2,1-2H3. The molecular weight excluding hydrogens is 382 g/mol. The Balaban J connectivity index is 1.64. The lowest BCUT2D eigenvalue weighted by Gasteiger charge is -2.15. The van der Waals surface area contributed by atoms with Gasteiger partial charge in [-0.3, -0.25) is 19.5 Å². The maximum Gasteiger partial charge on any atom is 0.275 e. The Morgan fingerprint density at radius 1 is 1.00 bits per heavy atom. The third kappa shape index (κ3) is 3.43. The third-order valence-corrected chi connectivity index (χ3v) is 5.19. The van der Waals surface area contributed by atoms with Gasteiger partial charge >= 0.3 is 0 Å². The van der Waals surface area contributed by atoms with Crippen LogP contribution in [-0.2, 0) is 9.59 Å². The van der Waals surface area contributed by atoms with Crippen LogP contribution in [0, 0.1) is 6.92 Å². The average Bonchev–Trinajstić information content (AvgIpc) is 3.21.